The van der Waals surface area contributed by atoms with Gasteiger partial charge in [-0.15, -0.1) is 0 Å². The number of hydrogen-bond donors (Lipinski definition) is 4. The molecule has 1 atom stereocenters. The second kappa shape index (κ2) is 7.36. The third kappa shape index (κ3) is 7.04. The summed E-state index contributed by atoms with van der Waals surface area (Å²) in [5.74, 6) is -2.65. The summed E-state index contributed by atoms with van der Waals surface area (Å²) < 4.78 is 24.1. The molecule has 0 unspecified atom stereocenters. The van der Waals surface area contributed by atoms with Crippen LogP contribution in [-0.2, 0) is 24.4 Å². The average molecular weight is 323 g/mol. The topological polar surface area (TPSA) is 156 Å². The van der Waals surface area contributed by atoms with Crippen LogP contribution in [0.15, 0.2) is 0 Å². The Bertz CT molecular complexity index is 509. The van der Waals surface area contributed by atoms with E-state index in [4.69, 9.17) is 10.8 Å². The monoisotopic (exact) mass is 323 g/mol. The molecule has 5 N–H and O–H groups in total. The highest BCUT2D eigenvalue weighted by atomic mass is 32.2. The Labute approximate surface area is 123 Å². The van der Waals surface area contributed by atoms with Crippen molar-refractivity contribution in [1.82, 2.24) is 10.0 Å². The first-order valence-electron chi connectivity index (χ1n) is 6.17. The predicted octanol–water partition coefficient (Wildman–Crippen LogP) is -1.46. The number of aliphatic carboxylic acids is 1. The van der Waals surface area contributed by atoms with E-state index in [1.54, 1.807) is 0 Å². The summed E-state index contributed by atoms with van der Waals surface area (Å²) in [5, 5.41) is 10.7. The van der Waals surface area contributed by atoms with E-state index in [9.17, 15) is 22.8 Å². The Balaban J connectivity index is 4.21. The Morgan fingerprint density at radius 3 is 2.05 bits per heavy atom. The van der Waals surface area contributed by atoms with Crippen LogP contribution in [0.25, 0.3) is 0 Å². The number of nitrogens with two attached hydrogens (primary N) is 1. The summed E-state index contributed by atoms with van der Waals surface area (Å²) in [6, 6.07) is -1.23. The molecular weight excluding hydrogens is 302 g/mol. The number of hydrogen-bond acceptors (Lipinski definition) is 6. The maximum Gasteiger partial charge on any atom is 0.322 e. The first kappa shape index (κ1) is 19.3. The van der Waals surface area contributed by atoms with Crippen molar-refractivity contribution in [2.45, 2.75) is 44.4 Å². The Morgan fingerprint density at radius 2 is 1.62 bits per heavy atom. The lowest BCUT2D eigenvalue weighted by molar-refractivity contribution is -0.138. The van der Waals surface area contributed by atoms with Crippen LogP contribution < -0.4 is 15.8 Å². The van der Waals surface area contributed by atoms with E-state index < -0.39 is 38.6 Å². The Hall–Kier alpha value is -1.68. The van der Waals surface area contributed by atoms with Gasteiger partial charge in [-0.1, -0.05) is 0 Å². The van der Waals surface area contributed by atoms with Gasteiger partial charge in [0.05, 0.1) is 4.75 Å². The molecule has 0 saturated heterocycles. The molecule has 0 heterocycles. The number of rotatable bonds is 7. The molecule has 122 valence electrons. The second-order valence-electron chi connectivity index (χ2n) is 5.39. The Morgan fingerprint density at radius 1 is 1.14 bits per heavy atom. The fourth-order valence-electron chi connectivity index (χ4n) is 0.981. The maximum atomic E-state index is 11.7. The van der Waals surface area contributed by atoms with Gasteiger partial charge in [-0.05, 0) is 20.8 Å². The normalized spacial score (nSPS) is 13.3. The SMILES string of the molecule is CC(C)(C)S(=O)(=O)NC(=O)CCC(=O)NC[C@H](N)C(=O)O. The Kier molecular flexibility index (Phi) is 6.77. The van der Waals surface area contributed by atoms with Gasteiger partial charge in [0.25, 0.3) is 0 Å². The first-order chi connectivity index (χ1) is 9.36. The average Bonchev–Trinajstić information content (AvgIpc) is 2.31. The zero-order valence-corrected chi connectivity index (χ0v) is 13.0. The number of carbonyl (C=O) groups excluding carboxylic acids is 2. The molecule has 0 fully saturated rings. The van der Waals surface area contributed by atoms with E-state index in [2.05, 4.69) is 5.32 Å². The van der Waals surface area contributed by atoms with Crippen LogP contribution in [-0.4, -0.2) is 48.6 Å². The zero-order chi connectivity index (χ0) is 16.8. The molecule has 0 aliphatic heterocycles. The van der Waals surface area contributed by atoms with E-state index in [0.29, 0.717) is 0 Å². The molecule has 0 aromatic heterocycles. The van der Waals surface area contributed by atoms with Crippen molar-refractivity contribution < 1.29 is 27.9 Å². The molecule has 0 aromatic rings. The fourth-order valence-corrected chi connectivity index (χ4v) is 1.69. The highest BCUT2D eigenvalue weighted by Crippen LogP contribution is 2.13. The lowest BCUT2D eigenvalue weighted by atomic mass is 10.2. The second-order valence-corrected chi connectivity index (χ2v) is 7.83. The number of carboxylic acid groups (broad SMARTS) is 1. The highest BCUT2D eigenvalue weighted by molar-refractivity contribution is 7.91. The summed E-state index contributed by atoms with van der Waals surface area (Å²) >= 11 is 0. The summed E-state index contributed by atoms with van der Waals surface area (Å²) in [7, 11) is -3.81. The van der Waals surface area contributed by atoms with Crippen LogP contribution in [0.5, 0.6) is 0 Å². The van der Waals surface area contributed by atoms with Crippen LogP contribution in [0.1, 0.15) is 33.6 Å². The molecule has 21 heavy (non-hydrogen) atoms. The number of carbonyl (C=O) groups is 3. The molecule has 0 rings (SSSR count). The molecule has 10 heteroatoms. The molecule has 0 aromatic carbocycles. The van der Waals surface area contributed by atoms with Crippen molar-refractivity contribution in [3.05, 3.63) is 0 Å². The minimum absolute atomic E-state index is 0.266. The van der Waals surface area contributed by atoms with Gasteiger partial charge in [-0.25, -0.2) is 8.42 Å². The van der Waals surface area contributed by atoms with Crippen molar-refractivity contribution in [3.8, 4) is 0 Å². The maximum absolute atomic E-state index is 11.7. The van der Waals surface area contributed by atoms with E-state index in [1.165, 1.54) is 20.8 Å². The molecule has 9 nitrogen and oxygen atoms in total. The van der Waals surface area contributed by atoms with E-state index >= 15 is 0 Å². The van der Waals surface area contributed by atoms with E-state index in [-0.39, 0.29) is 19.4 Å². The minimum Gasteiger partial charge on any atom is -0.480 e. The molecule has 0 spiro atoms. The third-order valence-corrected chi connectivity index (χ3v) is 4.58. The molecule has 0 saturated carbocycles. The van der Waals surface area contributed by atoms with Gasteiger partial charge in [0, 0.05) is 19.4 Å². The largest absolute Gasteiger partial charge is 0.480 e. The van der Waals surface area contributed by atoms with Crippen molar-refractivity contribution in [2.24, 2.45) is 5.73 Å². The van der Waals surface area contributed by atoms with Crippen LogP contribution >= 0.6 is 0 Å². The van der Waals surface area contributed by atoms with Crippen molar-refractivity contribution in [2.75, 3.05) is 6.54 Å². The standard InChI is InChI=1S/C11H21N3O6S/c1-11(2,3)21(19,20)14-9(16)5-4-8(15)13-6-7(12)10(17)18/h7H,4-6,12H2,1-3H3,(H,13,15)(H,14,16)(H,17,18)/t7-/m0/s1. The summed E-state index contributed by atoms with van der Waals surface area (Å²) in [6.45, 7) is 4.03. The van der Waals surface area contributed by atoms with Crippen LogP contribution in [0.4, 0.5) is 0 Å². The lowest BCUT2D eigenvalue weighted by Gasteiger charge is -2.19. The van der Waals surface area contributed by atoms with Gasteiger partial charge in [0.2, 0.25) is 21.8 Å². The van der Waals surface area contributed by atoms with Crippen molar-refractivity contribution >= 4 is 27.8 Å². The summed E-state index contributed by atoms with van der Waals surface area (Å²) in [6.07, 6.45) is -0.596. The van der Waals surface area contributed by atoms with Crippen molar-refractivity contribution in [1.29, 1.82) is 0 Å². The van der Waals surface area contributed by atoms with E-state index in [1.807, 2.05) is 4.72 Å². The predicted molar refractivity (Wildman–Crippen MR) is 74.7 cm³/mol. The molecule has 0 bridgehead atoms. The van der Waals surface area contributed by atoms with Crippen molar-refractivity contribution in [3.63, 3.8) is 0 Å². The fraction of sp³-hybridized carbons (Fsp3) is 0.727. The van der Waals surface area contributed by atoms with Crippen LogP contribution in [0, 0.1) is 0 Å². The molecule has 0 aliphatic rings. The smallest absolute Gasteiger partial charge is 0.322 e. The van der Waals surface area contributed by atoms with Crippen LogP contribution in [0.2, 0.25) is 0 Å². The highest BCUT2D eigenvalue weighted by Gasteiger charge is 2.30. The van der Waals surface area contributed by atoms with Gasteiger partial charge >= 0.3 is 5.97 Å². The number of amides is 2. The molecule has 0 aliphatic carbocycles. The van der Waals surface area contributed by atoms with Gasteiger partial charge < -0.3 is 16.2 Å². The van der Waals surface area contributed by atoms with E-state index in [0.717, 1.165) is 0 Å². The van der Waals surface area contributed by atoms with Gasteiger partial charge in [0.15, 0.2) is 0 Å². The zero-order valence-electron chi connectivity index (χ0n) is 12.2. The summed E-state index contributed by atoms with van der Waals surface area (Å²) in [4.78, 5) is 33.2. The first-order valence-corrected chi connectivity index (χ1v) is 7.65. The van der Waals surface area contributed by atoms with Crippen LogP contribution in [0.3, 0.4) is 0 Å². The number of sulfonamides is 1. The van der Waals surface area contributed by atoms with Gasteiger partial charge in [0.1, 0.15) is 6.04 Å². The minimum atomic E-state index is -3.81. The quantitative estimate of drug-likeness (QED) is 0.446. The molecule has 0 radical (unpaired) electrons. The molecule has 2 amide bonds. The molecular formula is C11H21N3O6S. The van der Waals surface area contributed by atoms with Gasteiger partial charge in [-0.3, -0.25) is 19.1 Å². The summed E-state index contributed by atoms with van der Waals surface area (Å²) in [5.41, 5.74) is 5.18. The number of carboxylic acids is 1. The number of nitrogens with one attached hydrogen (secondary N) is 2. The van der Waals surface area contributed by atoms with Gasteiger partial charge in [-0.2, -0.15) is 0 Å². The third-order valence-electron chi connectivity index (χ3n) is 2.47. The lowest BCUT2D eigenvalue weighted by Crippen LogP contribution is -2.44.